The summed E-state index contributed by atoms with van der Waals surface area (Å²) in [6.07, 6.45) is 1.75. The molecule has 4 aromatic rings. The van der Waals surface area contributed by atoms with Gasteiger partial charge in [-0.25, -0.2) is 4.79 Å². The minimum atomic E-state index is -1.33. The van der Waals surface area contributed by atoms with Crippen molar-refractivity contribution >= 4 is 34.0 Å². The normalized spacial score (nSPS) is 18.2. The van der Waals surface area contributed by atoms with Crippen LogP contribution in [-0.4, -0.2) is 28.7 Å². The van der Waals surface area contributed by atoms with E-state index < -0.39 is 17.5 Å². The number of fused-ring (bicyclic) bond motifs is 1. The van der Waals surface area contributed by atoms with Gasteiger partial charge in [0.2, 0.25) is 0 Å². The molecule has 1 atom stereocenters. The molecule has 5 rings (SSSR count). The van der Waals surface area contributed by atoms with Crippen LogP contribution in [0.1, 0.15) is 4.88 Å². The number of urea groups is 1. The quantitative estimate of drug-likeness (QED) is 0.417. The number of nitrogens with zero attached hydrogens (tertiary/aromatic N) is 1. The third-order valence-electron chi connectivity index (χ3n) is 5.50. The van der Waals surface area contributed by atoms with Gasteiger partial charge in [0.15, 0.2) is 11.4 Å². The van der Waals surface area contributed by atoms with Crippen LogP contribution in [0.4, 0.5) is 4.79 Å². The summed E-state index contributed by atoms with van der Waals surface area (Å²) >= 11 is 1.44. The molecule has 7 nitrogen and oxygen atoms in total. The summed E-state index contributed by atoms with van der Waals surface area (Å²) in [7, 11) is 1.58. The van der Waals surface area contributed by atoms with Gasteiger partial charge in [-0.15, -0.1) is 11.3 Å². The van der Waals surface area contributed by atoms with Crippen LogP contribution in [0.25, 0.3) is 21.2 Å². The largest absolute Gasteiger partial charge is 0.497 e. The molecule has 0 bridgehead atoms. The molecule has 2 aromatic heterocycles. The molecule has 0 aliphatic carbocycles. The lowest BCUT2D eigenvalue weighted by Crippen LogP contribution is -2.46. The Morgan fingerprint density at radius 3 is 2.61 bits per heavy atom. The number of hydrogen-bond donors (Lipinski definition) is 3. The summed E-state index contributed by atoms with van der Waals surface area (Å²) in [4.78, 5) is 26.8. The number of hydrogen-bond acceptors (Lipinski definition) is 5. The molecule has 0 saturated carbocycles. The Hall–Kier alpha value is -3.78. The van der Waals surface area contributed by atoms with Crippen molar-refractivity contribution in [1.29, 1.82) is 0 Å². The van der Waals surface area contributed by atoms with Gasteiger partial charge in [0.05, 0.1) is 13.7 Å². The van der Waals surface area contributed by atoms with Crippen LogP contribution in [0, 0.1) is 0 Å². The Labute approximate surface area is 181 Å². The lowest BCUT2D eigenvalue weighted by molar-refractivity contribution is -0.124. The molecule has 1 aliphatic rings. The molecule has 1 fully saturated rings. The van der Waals surface area contributed by atoms with Crippen molar-refractivity contribution in [3.05, 3.63) is 71.7 Å². The lowest BCUT2D eigenvalue weighted by atomic mass is 9.97. The predicted molar refractivity (Wildman–Crippen MR) is 118 cm³/mol. The third kappa shape index (κ3) is 3.12. The Morgan fingerprint density at radius 2 is 1.90 bits per heavy atom. The zero-order valence-electron chi connectivity index (χ0n) is 16.6. The zero-order valence-corrected chi connectivity index (χ0v) is 17.4. The summed E-state index contributed by atoms with van der Waals surface area (Å²) < 4.78 is 6.84. The summed E-state index contributed by atoms with van der Waals surface area (Å²) in [6.45, 7) is 0.0438. The number of carbonyl (C=O) groups excluding carboxylic acids is 2. The highest BCUT2D eigenvalue weighted by Crippen LogP contribution is 2.39. The molecule has 31 heavy (non-hydrogen) atoms. The predicted octanol–water partition coefficient (Wildman–Crippen LogP) is 3.82. The summed E-state index contributed by atoms with van der Waals surface area (Å²) in [6, 6.07) is 18.4. The smallest absolute Gasteiger partial charge is 0.322 e. The number of imide groups is 1. The van der Waals surface area contributed by atoms with E-state index in [1.165, 1.54) is 11.3 Å². The van der Waals surface area contributed by atoms with E-state index in [4.69, 9.17) is 4.74 Å². The fourth-order valence-corrected chi connectivity index (χ4v) is 5.06. The molecule has 3 N–H and O–H groups in total. The van der Waals surface area contributed by atoms with Crippen LogP contribution in [0.5, 0.6) is 11.6 Å². The Kier molecular flexibility index (Phi) is 4.44. The van der Waals surface area contributed by atoms with Gasteiger partial charge in [-0.05, 0) is 35.9 Å². The van der Waals surface area contributed by atoms with Gasteiger partial charge in [0, 0.05) is 26.7 Å². The average Bonchev–Trinajstić information content (AvgIpc) is 3.46. The monoisotopic (exact) mass is 433 g/mol. The Bertz CT molecular complexity index is 1310. The van der Waals surface area contributed by atoms with E-state index in [1.807, 2.05) is 48.5 Å². The Morgan fingerprint density at radius 1 is 1.10 bits per heavy atom. The highest BCUT2D eigenvalue weighted by atomic mass is 32.1. The van der Waals surface area contributed by atoms with Crippen molar-refractivity contribution in [2.45, 2.75) is 12.1 Å². The maximum absolute atomic E-state index is 13.0. The van der Waals surface area contributed by atoms with Crippen molar-refractivity contribution in [2.24, 2.45) is 0 Å². The maximum atomic E-state index is 13.0. The van der Waals surface area contributed by atoms with E-state index in [-0.39, 0.29) is 12.4 Å². The van der Waals surface area contributed by atoms with Gasteiger partial charge in [0.1, 0.15) is 5.75 Å². The van der Waals surface area contributed by atoms with Gasteiger partial charge >= 0.3 is 6.03 Å². The van der Waals surface area contributed by atoms with Crippen molar-refractivity contribution in [2.75, 3.05) is 7.11 Å². The maximum Gasteiger partial charge on any atom is 0.322 e. The molecular weight excluding hydrogens is 414 g/mol. The van der Waals surface area contributed by atoms with E-state index in [0.717, 1.165) is 15.8 Å². The first-order valence-corrected chi connectivity index (χ1v) is 10.5. The minimum absolute atomic E-state index is 0.0193. The van der Waals surface area contributed by atoms with Crippen LogP contribution in [-0.2, 0) is 16.9 Å². The number of benzene rings is 2. The number of amides is 3. The van der Waals surface area contributed by atoms with E-state index in [0.29, 0.717) is 16.0 Å². The first-order chi connectivity index (χ1) is 15.0. The first-order valence-electron chi connectivity index (χ1n) is 9.65. The van der Waals surface area contributed by atoms with Crippen molar-refractivity contribution in [3.8, 4) is 22.1 Å². The highest BCUT2D eigenvalue weighted by Gasteiger charge is 2.49. The zero-order chi connectivity index (χ0) is 21.6. The van der Waals surface area contributed by atoms with Crippen LogP contribution >= 0.6 is 11.3 Å². The second-order valence-electron chi connectivity index (χ2n) is 7.38. The number of ether oxygens (including phenoxy) is 1. The highest BCUT2D eigenvalue weighted by molar-refractivity contribution is 7.15. The number of carbonyl (C=O) groups is 2. The van der Waals surface area contributed by atoms with Crippen molar-refractivity contribution in [1.82, 2.24) is 15.2 Å². The molecule has 1 unspecified atom stereocenters. The fourth-order valence-electron chi connectivity index (χ4n) is 3.92. The van der Waals surface area contributed by atoms with E-state index in [9.17, 15) is 14.7 Å². The van der Waals surface area contributed by atoms with E-state index in [2.05, 4.69) is 10.6 Å². The first kappa shape index (κ1) is 19.2. The molecule has 8 heteroatoms. The molecule has 0 spiro atoms. The van der Waals surface area contributed by atoms with Gasteiger partial charge in [0.25, 0.3) is 5.91 Å². The summed E-state index contributed by atoms with van der Waals surface area (Å²) in [5, 5.41) is 17.3. The SMILES string of the molecule is COc1ccc2c(O)n(CC3(c4ccc(-c5ccccc5)s4)NC(=O)NC3=O)cc2c1. The van der Waals surface area contributed by atoms with Gasteiger partial charge < -0.3 is 19.7 Å². The topological polar surface area (TPSA) is 92.6 Å². The van der Waals surface area contributed by atoms with Gasteiger partial charge in [-0.1, -0.05) is 30.3 Å². The molecule has 1 saturated heterocycles. The van der Waals surface area contributed by atoms with Crippen molar-refractivity contribution in [3.63, 3.8) is 0 Å². The van der Waals surface area contributed by atoms with Gasteiger partial charge in [-0.3, -0.25) is 10.1 Å². The molecule has 0 radical (unpaired) electrons. The standard InChI is InChI=1S/C23H19N3O4S/c1-30-16-7-8-17-15(11-16)12-26(20(17)27)13-23(21(28)24-22(29)25-23)19-10-9-18(31-19)14-5-3-2-4-6-14/h2-12,27H,13H2,1H3,(H2,24,25,28,29). The Balaban J connectivity index is 1.59. The van der Waals surface area contributed by atoms with E-state index >= 15 is 0 Å². The van der Waals surface area contributed by atoms with Crippen molar-refractivity contribution < 1.29 is 19.4 Å². The fraction of sp³-hybridized carbons (Fsp3) is 0.130. The molecule has 1 aliphatic heterocycles. The number of aromatic nitrogens is 1. The average molecular weight is 433 g/mol. The summed E-state index contributed by atoms with van der Waals surface area (Å²) in [5.41, 5.74) is -0.300. The van der Waals surface area contributed by atoms with Crippen LogP contribution in [0.3, 0.4) is 0 Å². The number of nitrogens with one attached hydrogen (secondary N) is 2. The number of thiophene rings is 1. The van der Waals surface area contributed by atoms with Gasteiger partial charge in [-0.2, -0.15) is 0 Å². The number of methoxy groups -OCH3 is 1. The number of rotatable bonds is 5. The summed E-state index contributed by atoms with van der Waals surface area (Å²) in [5.74, 6) is 0.233. The van der Waals surface area contributed by atoms with E-state index in [1.54, 1.807) is 30.0 Å². The molecule has 2 aromatic carbocycles. The minimum Gasteiger partial charge on any atom is -0.497 e. The molecular formula is C23H19N3O4S. The van der Waals surface area contributed by atoms with Crippen LogP contribution in [0.15, 0.2) is 66.9 Å². The second-order valence-corrected chi connectivity index (χ2v) is 8.46. The third-order valence-corrected chi connectivity index (χ3v) is 6.80. The lowest BCUT2D eigenvalue weighted by Gasteiger charge is -2.25. The number of aromatic hydroxyl groups is 1. The molecule has 3 heterocycles. The molecule has 3 amide bonds. The van der Waals surface area contributed by atoms with Crippen LogP contribution < -0.4 is 15.4 Å². The van der Waals surface area contributed by atoms with Crippen LogP contribution in [0.2, 0.25) is 0 Å². The second kappa shape index (κ2) is 7.17. The molecule has 156 valence electrons.